The predicted molar refractivity (Wildman–Crippen MR) is 91.4 cm³/mol. The van der Waals surface area contributed by atoms with Gasteiger partial charge in [-0.15, -0.1) is 0 Å². The van der Waals surface area contributed by atoms with Crippen LogP contribution in [0.4, 0.5) is 0 Å². The van der Waals surface area contributed by atoms with E-state index < -0.39 is 30.6 Å². The van der Waals surface area contributed by atoms with Crippen LogP contribution in [0.15, 0.2) is 64.4 Å². The summed E-state index contributed by atoms with van der Waals surface area (Å²) in [6, 6.07) is 13.7. The Labute approximate surface area is 151 Å². The first-order valence-electron chi connectivity index (χ1n) is 6.38. The van der Waals surface area contributed by atoms with E-state index in [1.54, 1.807) is 43.3 Å². The molecule has 4 N–H and O–H groups in total. The smallest absolute Gasteiger partial charge is 0.282 e. The summed E-state index contributed by atoms with van der Waals surface area (Å²) in [5, 5.41) is 0. The SMILES string of the molecule is Cc1ccccc1S(=O)(=O)O.O=S(=O)(O)O.O=S(=O)(O)c1ccccc1. The summed E-state index contributed by atoms with van der Waals surface area (Å²) in [4.78, 5) is -0.102. The summed E-state index contributed by atoms with van der Waals surface area (Å²) in [6.07, 6.45) is 0. The maximum Gasteiger partial charge on any atom is 0.394 e. The van der Waals surface area contributed by atoms with Crippen LogP contribution >= 0.6 is 0 Å². The Morgan fingerprint density at radius 2 is 1.00 bits per heavy atom. The van der Waals surface area contributed by atoms with E-state index in [9.17, 15) is 16.8 Å². The molecule has 2 aromatic carbocycles. The van der Waals surface area contributed by atoms with Gasteiger partial charge in [-0.1, -0.05) is 36.4 Å². The standard InChI is InChI=1S/C7H8O3S.C6H6O3S.H2O4S/c1-6-4-2-3-5-7(6)11(8,9)10;7-10(8,9)6-4-2-1-3-5-6;1-5(2,3)4/h2-5H,1H3,(H,8,9,10);1-5H,(H,7,8,9);(H2,1,2,3,4). The van der Waals surface area contributed by atoms with Crippen molar-refractivity contribution in [1.29, 1.82) is 0 Å². The molecular weight excluding hydrogens is 412 g/mol. The fourth-order valence-corrected chi connectivity index (χ4v) is 2.66. The second-order valence-electron chi connectivity index (χ2n) is 4.48. The van der Waals surface area contributed by atoms with Gasteiger partial charge < -0.3 is 0 Å². The predicted octanol–water partition coefficient (Wildman–Crippen LogP) is 1.52. The summed E-state index contributed by atoms with van der Waals surface area (Å²) < 4.78 is 90.7. The lowest BCUT2D eigenvalue weighted by Crippen LogP contribution is -1.99. The lowest BCUT2D eigenvalue weighted by Gasteiger charge is -1.99. The average Bonchev–Trinajstić information content (AvgIpc) is 2.45. The molecule has 0 saturated carbocycles. The quantitative estimate of drug-likeness (QED) is 0.511. The summed E-state index contributed by atoms with van der Waals surface area (Å²) >= 11 is 0. The molecule has 0 radical (unpaired) electrons. The van der Waals surface area contributed by atoms with Crippen LogP contribution in [0.3, 0.4) is 0 Å². The summed E-state index contributed by atoms with van der Waals surface area (Å²) in [6.45, 7) is 1.63. The first-order valence-corrected chi connectivity index (χ1v) is 10.7. The molecule has 0 fully saturated rings. The molecule has 0 atom stereocenters. The van der Waals surface area contributed by atoms with Gasteiger partial charge in [-0.3, -0.25) is 18.2 Å². The third-order valence-electron chi connectivity index (χ3n) is 2.41. The number of aryl methyl sites for hydroxylation is 1. The minimum absolute atomic E-state index is 0.0278. The van der Waals surface area contributed by atoms with Gasteiger partial charge in [0.15, 0.2) is 0 Å². The molecule has 0 heterocycles. The molecule has 26 heavy (non-hydrogen) atoms. The molecule has 146 valence electrons. The van der Waals surface area contributed by atoms with Crippen LogP contribution in [-0.2, 0) is 30.6 Å². The molecule has 0 saturated heterocycles. The van der Waals surface area contributed by atoms with Gasteiger partial charge in [-0.2, -0.15) is 25.3 Å². The van der Waals surface area contributed by atoms with Gasteiger partial charge in [-0.05, 0) is 30.7 Å². The third-order valence-corrected chi connectivity index (χ3v) is 4.29. The molecule has 2 rings (SSSR count). The summed E-state index contributed by atoms with van der Waals surface area (Å²) in [7, 11) is -12.7. The van der Waals surface area contributed by atoms with Crippen molar-refractivity contribution >= 4 is 30.6 Å². The van der Waals surface area contributed by atoms with Crippen LogP contribution in [0, 0.1) is 6.92 Å². The van der Waals surface area contributed by atoms with Crippen LogP contribution in [0.25, 0.3) is 0 Å². The largest absolute Gasteiger partial charge is 0.394 e. The third kappa shape index (κ3) is 11.6. The monoisotopic (exact) mass is 428 g/mol. The van der Waals surface area contributed by atoms with Crippen molar-refractivity contribution in [2.75, 3.05) is 0 Å². The van der Waals surface area contributed by atoms with E-state index in [2.05, 4.69) is 0 Å². The van der Waals surface area contributed by atoms with Crippen LogP contribution in [0.1, 0.15) is 5.56 Å². The molecule has 0 aromatic heterocycles. The molecule has 0 aliphatic carbocycles. The van der Waals surface area contributed by atoms with Gasteiger partial charge in [0, 0.05) is 0 Å². The van der Waals surface area contributed by atoms with E-state index in [-0.39, 0.29) is 9.79 Å². The fraction of sp³-hybridized carbons (Fsp3) is 0.0769. The van der Waals surface area contributed by atoms with E-state index in [4.69, 9.17) is 26.6 Å². The molecule has 0 unspecified atom stereocenters. The van der Waals surface area contributed by atoms with Crippen molar-refractivity contribution in [3.63, 3.8) is 0 Å². The van der Waals surface area contributed by atoms with Gasteiger partial charge in [0.25, 0.3) is 20.2 Å². The molecule has 0 spiro atoms. The van der Waals surface area contributed by atoms with Gasteiger partial charge >= 0.3 is 10.4 Å². The molecule has 0 aliphatic heterocycles. The Bertz CT molecular complexity index is 1000. The first kappa shape index (κ1) is 24.1. The highest BCUT2D eigenvalue weighted by Gasteiger charge is 2.10. The van der Waals surface area contributed by atoms with E-state index in [0.29, 0.717) is 5.56 Å². The topological polar surface area (TPSA) is 183 Å². The molecule has 0 amide bonds. The zero-order valence-corrected chi connectivity index (χ0v) is 15.6. The van der Waals surface area contributed by atoms with Crippen molar-refractivity contribution < 1.29 is 43.5 Å². The number of hydrogen-bond donors (Lipinski definition) is 4. The Hall–Kier alpha value is -1.87. The Balaban J connectivity index is 0.000000387. The minimum Gasteiger partial charge on any atom is -0.282 e. The number of rotatable bonds is 2. The highest BCUT2D eigenvalue weighted by molar-refractivity contribution is 7.86. The lowest BCUT2D eigenvalue weighted by atomic mass is 10.2. The number of benzene rings is 2. The minimum atomic E-state index is -4.67. The first-order chi connectivity index (χ1) is 11.6. The van der Waals surface area contributed by atoms with Crippen molar-refractivity contribution in [3.8, 4) is 0 Å². The Kier molecular flexibility index (Phi) is 9.03. The Morgan fingerprint density at radius 1 is 0.615 bits per heavy atom. The normalized spacial score (nSPS) is 11.4. The van der Waals surface area contributed by atoms with Crippen molar-refractivity contribution in [2.45, 2.75) is 16.7 Å². The highest BCUT2D eigenvalue weighted by Crippen LogP contribution is 2.12. The maximum atomic E-state index is 10.6. The molecule has 13 heteroatoms. The van der Waals surface area contributed by atoms with Crippen molar-refractivity contribution in [3.05, 3.63) is 60.2 Å². The van der Waals surface area contributed by atoms with Crippen LogP contribution in [-0.4, -0.2) is 43.5 Å². The van der Waals surface area contributed by atoms with Gasteiger partial charge in [-0.25, -0.2) is 0 Å². The van der Waals surface area contributed by atoms with Gasteiger partial charge in [0.2, 0.25) is 0 Å². The Morgan fingerprint density at radius 3 is 1.27 bits per heavy atom. The fourth-order valence-electron chi connectivity index (χ4n) is 1.44. The van der Waals surface area contributed by atoms with E-state index in [1.165, 1.54) is 18.2 Å². The molecule has 0 bridgehead atoms. The molecule has 10 nitrogen and oxygen atoms in total. The van der Waals surface area contributed by atoms with Crippen LogP contribution in [0.2, 0.25) is 0 Å². The van der Waals surface area contributed by atoms with Gasteiger partial charge in [0.1, 0.15) is 0 Å². The summed E-state index contributed by atoms with van der Waals surface area (Å²) in [5.74, 6) is 0. The van der Waals surface area contributed by atoms with Crippen LogP contribution < -0.4 is 0 Å². The van der Waals surface area contributed by atoms with E-state index >= 15 is 0 Å². The molecular formula is C13H16O10S3. The van der Waals surface area contributed by atoms with E-state index in [0.717, 1.165) is 0 Å². The maximum absolute atomic E-state index is 10.6. The highest BCUT2D eigenvalue weighted by atomic mass is 32.3. The average molecular weight is 428 g/mol. The molecule has 2 aromatic rings. The second kappa shape index (κ2) is 9.72. The van der Waals surface area contributed by atoms with Gasteiger partial charge in [0.05, 0.1) is 9.79 Å². The number of hydrogen-bond acceptors (Lipinski definition) is 6. The van der Waals surface area contributed by atoms with Crippen LogP contribution in [0.5, 0.6) is 0 Å². The summed E-state index contributed by atoms with van der Waals surface area (Å²) in [5.41, 5.74) is 0.551. The lowest BCUT2D eigenvalue weighted by molar-refractivity contribution is 0.380. The van der Waals surface area contributed by atoms with Crippen molar-refractivity contribution in [2.24, 2.45) is 0 Å². The zero-order chi connectivity index (χ0) is 20.6. The van der Waals surface area contributed by atoms with E-state index in [1.807, 2.05) is 0 Å². The van der Waals surface area contributed by atoms with Crippen molar-refractivity contribution in [1.82, 2.24) is 0 Å². The second-order valence-corrected chi connectivity index (χ2v) is 8.18. The molecule has 0 aliphatic rings. The zero-order valence-electron chi connectivity index (χ0n) is 13.2.